The fraction of sp³-hybridized carbons (Fsp3) is 0.227. The molecule has 31 heavy (non-hydrogen) atoms. The Bertz CT molecular complexity index is 1130. The summed E-state index contributed by atoms with van der Waals surface area (Å²) < 4.78 is 39.2. The Kier molecular flexibility index (Phi) is 6.55. The van der Waals surface area contributed by atoms with Gasteiger partial charge in [0.1, 0.15) is 18.1 Å². The Morgan fingerprint density at radius 1 is 1.03 bits per heavy atom. The van der Waals surface area contributed by atoms with Crippen molar-refractivity contribution in [1.29, 1.82) is 0 Å². The van der Waals surface area contributed by atoms with Crippen molar-refractivity contribution >= 4 is 33.0 Å². The topological polar surface area (TPSA) is 84.9 Å². The van der Waals surface area contributed by atoms with Crippen LogP contribution in [-0.2, 0) is 26.0 Å². The molecule has 0 unspecified atom stereocenters. The number of benzene rings is 2. The molecule has 1 fully saturated rings. The summed E-state index contributed by atoms with van der Waals surface area (Å²) in [6.07, 6.45) is 0.566. The summed E-state index contributed by atoms with van der Waals surface area (Å²) in [5.74, 6) is 1.19. The minimum absolute atomic E-state index is 0.0404. The van der Waals surface area contributed by atoms with Crippen LogP contribution in [0.4, 0.5) is 5.69 Å². The van der Waals surface area contributed by atoms with Crippen LogP contribution in [0.3, 0.4) is 0 Å². The molecule has 4 rings (SSSR count). The first kappa shape index (κ1) is 21.4. The van der Waals surface area contributed by atoms with Gasteiger partial charge in [-0.15, -0.1) is 11.3 Å². The maximum atomic E-state index is 12.9. The number of nitrogens with zero attached hydrogens (tertiary/aromatic N) is 1. The predicted molar refractivity (Wildman–Crippen MR) is 119 cm³/mol. The SMILES string of the molecule is O=C1COCCN1CCc1cscc1NS(=O)(=O)c1ccc(Oc2ccccc2)cc1. The van der Waals surface area contributed by atoms with Crippen LogP contribution < -0.4 is 9.46 Å². The minimum atomic E-state index is -3.75. The van der Waals surface area contributed by atoms with Crippen molar-refractivity contribution in [2.24, 2.45) is 0 Å². The molecule has 2 aromatic carbocycles. The lowest BCUT2D eigenvalue weighted by Gasteiger charge is -2.26. The van der Waals surface area contributed by atoms with Crippen LogP contribution in [0.25, 0.3) is 0 Å². The van der Waals surface area contributed by atoms with E-state index in [0.717, 1.165) is 5.56 Å². The number of hydrogen-bond donors (Lipinski definition) is 1. The van der Waals surface area contributed by atoms with E-state index >= 15 is 0 Å². The minimum Gasteiger partial charge on any atom is -0.457 e. The maximum absolute atomic E-state index is 12.9. The average molecular weight is 459 g/mol. The Morgan fingerprint density at radius 2 is 1.77 bits per heavy atom. The fourth-order valence-corrected chi connectivity index (χ4v) is 5.15. The fourth-order valence-electron chi connectivity index (χ4n) is 3.16. The number of anilines is 1. The first-order valence-corrected chi connectivity index (χ1v) is 12.2. The van der Waals surface area contributed by atoms with Crippen molar-refractivity contribution in [2.75, 3.05) is 31.0 Å². The van der Waals surface area contributed by atoms with E-state index in [4.69, 9.17) is 9.47 Å². The number of morpholine rings is 1. The van der Waals surface area contributed by atoms with Crippen LogP contribution in [0.2, 0.25) is 0 Å². The molecule has 0 spiro atoms. The molecular weight excluding hydrogens is 436 g/mol. The van der Waals surface area contributed by atoms with Crippen LogP contribution in [0, 0.1) is 0 Å². The number of ether oxygens (including phenoxy) is 2. The largest absolute Gasteiger partial charge is 0.457 e. The number of sulfonamides is 1. The van der Waals surface area contributed by atoms with Crippen LogP contribution in [0.5, 0.6) is 11.5 Å². The van der Waals surface area contributed by atoms with Gasteiger partial charge in [0.2, 0.25) is 5.91 Å². The van der Waals surface area contributed by atoms with Crippen molar-refractivity contribution in [3.8, 4) is 11.5 Å². The molecule has 0 radical (unpaired) electrons. The summed E-state index contributed by atoms with van der Waals surface area (Å²) in [7, 11) is -3.75. The molecule has 0 saturated carbocycles. The molecule has 1 aliphatic heterocycles. The van der Waals surface area contributed by atoms with Crippen molar-refractivity contribution in [3.63, 3.8) is 0 Å². The van der Waals surface area contributed by atoms with Gasteiger partial charge in [0, 0.05) is 18.5 Å². The molecule has 1 amide bonds. The molecule has 1 aromatic heterocycles. The highest BCUT2D eigenvalue weighted by Gasteiger charge is 2.20. The van der Waals surface area contributed by atoms with Crippen molar-refractivity contribution in [1.82, 2.24) is 4.90 Å². The Morgan fingerprint density at radius 3 is 2.52 bits per heavy atom. The standard InChI is InChI=1S/C22H22N2O5S2/c25-22-14-28-13-12-24(22)11-10-17-15-30-16-21(17)23-31(26,27)20-8-6-19(7-9-20)29-18-4-2-1-3-5-18/h1-9,15-16,23H,10-14H2. The van der Waals surface area contributed by atoms with Gasteiger partial charge in [0.05, 0.1) is 17.2 Å². The third kappa shape index (κ3) is 5.43. The Labute approximate surface area is 185 Å². The number of carbonyl (C=O) groups excluding carboxylic acids is 1. The summed E-state index contributed by atoms with van der Waals surface area (Å²) in [6.45, 7) is 1.71. The van der Waals surface area contributed by atoms with Gasteiger partial charge in [-0.1, -0.05) is 18.2 Å². The summed E-state index contributed by atoms with van der Waals surface area (Å²) in [5.41, 5.74) is 1.40. The van der Waals surface area contributed by atoms with Gasteiger partial charge in [-0.25, -0.2) is 8.42 Å². The average Bonchev–Trinajstić information content (AvgIpc) is 3.20. The van der Waals surface area contributed by atoms with Crippen molar-refractivity contribution in [3.05, 3.63) is 70.9 Å². The number of para-hydroxylation sites is 1. The zero-order chi connectivity index (χ0) is 21.7. The molecule has 2 heterocycles. The van der Waals surface area contributed by atoms with Gasteiger partial charge in [0.25, 0.3) is 10.0 Å². The summed E-state index contributed by atoms with van der Waals surface area (Å²) in [6, 6.07) is 15.6. The lowest BCUT2D eigenvalue weighted by atomic mass is 10.2. The van der Waals surface area contributed by atoms with Crippen molar-refractivity contribution < 1.29 is 22.7 Å². The van der Waals surface area contributed by atoms with E-state index in [9.17, 15) is 13.2 Å². The molecular formula is C22H22N2O5S2. The Balaban J connectivity index is 1.41. The quantitative estimate of drug-likeness (QED) is 0.556. The molecule has 7 nitrogen and oxygen atoms in total. The first-order chi connectivity index (χ1) is 15.0. The molecule has 0 bridgehead atoms. The lowest BCUT2D eigenvalue weighted by molar-refractivity contribution is -0.142. The highest BCUT2D eigenvalue weighted by molar-refractivity contribution is 7.92. The van der Waals surface area contributed by atoms with E-state index in [1.165, 1.54) is 23.5 Å². The first-order valence-electron chi connectivity index (χ1n) is 9.78. The molecule has 1 aliphatic rings. The monoisotopic (exact) mass is 458 g/mol. The number of nitrogens with one attached hydrogen (secondary N) is 1. The van der Waals surface area contributed by atoms with E-state index in [0.29, 0.717) is 43.3 Å². The molecule has 0 aliphatic carbocycles. The van der Waals surface area contributed by atoms with Gasteiger partial charge in [0.15, 0.2) is 0 Å². The van der Waals surface area contributed by atoms with Crippen LogP contribution in [0.1, 0.15) is 5.56 Å². The van der Waals surface area contributed by atoms with Crippen LogP contribution >= 0.6 is 11.3 Å². The number of carbonyl (C=O) groups is 1. The van der Waals surface area contributed by atoms with E-state index in [2.05, 4.69) is 4.72 Å². The predicted octanol–water partition coefficient (Wildman–Crippen LogP) is 3.74. The van der Waals surface area contributed by atoms with Gasteiger partial charge >= 0.3 is 0 Å². The number of hydrogen-bond acceptors (Lipinski definition) is 6. The second kappa shape index (κ2) is 9.51. The van der Waals surface area contributed by atoms with E-state index in [1.807, 2.05) is 35.7 Å². The highest BCUT2D eigenvalue weighted by atomic mass is 32.2. The zero-order valence-electron chi connectivity index (χ0n) is 16.7. The van der Waals surface area contributed by atoms with Crippen LogP contribution in [0.15, 0.2) is 70.3 Å². The maximum Gasteiger partial charge on any atom is 0.261 e. The van der Waals surface area contributed by atoms with Crippen molar-refractivity contribution in [2.45, 2.75) is 11.3 Å². The summed E-state index contributed by atoms with van der Waals surface area (Å²) in [5, 5.41) is 3.67. The van der Waals surface area contributed by atoms with E-state index in [-0.39, 0.29) is 17.4 Å². The summed E-state index contributed by atoms with van der Waals surface area (Å²) >= 11 is 1.42. The lowest BCUT2D eigenvalue weighted by Crippen LogP contribution is -2.42. The van der Waals surface area contributed by atoms with Gasteiger partial charge in [-0.2, -0.15) is 0 Å². The van der Waals surface area contributed by atoms with Crippen LogP contribution in [-0.4, -0.2) is 45.5 Å². The molecule has 0 atom stereocenters. The molecule has 3 aromatic rings. The number of thiophene rings is 1. The molecule has 9 heteroatoms. The second-order valence-electron chi connectivity index (χ2n) is 6.99. The third-order valence-electron chi connectivity index (χ3n) is 4.83. The van der Waals surface area contributed by atoms with E-state index in [1.54, 1.807) is 22.4 Å². The Hall–Kier alpha value is -2.88. The third-order valence-corrected chi connectivity index (χ3v) is 7.01. The van der Waals surface area contributed by atoms with Gasteiger partial charge < -0.3 is 14.4 Å². The van der Waals surface area contributed by atoms with Gasteiger partial charge in [-0.3, -0.25) is 9.52 Å². The highest BCUT2D eigenvalue weighted by Crippen LogP contribution is 2.27. The molecule has 1 saturated heterocycles. The number of rotatable bonds is 8. The normalized spacial score (nSPS) is 14.5. The summed E-state index contributed by atoms with van der Waals surface area (Å²) in [4.78, 5) is 13.8. The molecule has 1 N–H and O–H groups in total. The van der Waals surface area contributed by atoms with E-state index < -0.39 is 10.0 Å². The van der Waals surface area contributed by atoms with Gasteiger partial charge in [-0.05, 0) is 53.8 Å². The molecule has 162 valence electrons. The smallest absolute Gasteiger partial charge is 0.261 e. The second-order valence-corrected chi connectivity index (χ2v) is 9.41. The number of amides is 1. The zero-order valence-corrected chi connectivity index (χ0v) is 18.3.